The molecule has 0 aliphatic carbocycles. The van der Waals surface area contributed by atoms with Crippen molar-refractivity contribution in [1.82, 2.24) is 0 Å². The lowest BCUT2D eigenvalue weighted by molar-refractivity contribution is -0.384. The Morgan fingerprint density at radius 2 is 1.55 bits per heavy atom. The van der Waals surface area contributed by atoms with E-state index in [0.29, 0.717) is 11.8 Å². The lowest BCUT2D eigenvalue weighted by atomic mass is 10.1. The first-order valence-corrected chi connectivity index (χ1v) is 5.79. The molecule has 0 fully saturated rings. The van der Waals surface area contributed by atoms with Gasteiger partial charge in [-0.2, -0.15) is 0 Å². The van der Waals surface area contributed by atoms with E-state index in [0.717, 1.165) is 17.4 Å². The normalized spacial score (nSPS) is 9.05. The number of hydrogen-bond donors (Lipinski definition) is 0. The summed E-state index contributed by atoms with van der Waals surface area (Å²) in [7, 11) is 0. The van der Waals surface area contributed by atoms with E-state index in [4.69, 9.17) is 0 Å². The van der Waals surface area contributed by atoms with Gasteiger partial charge in [-0.15, -0.1) is 0 Å². The van der Waals surface area contributed by atoms with Crippen LogP contribution in [-0.2, 0) is 0 Å². The van der Waals surface area contributed by atoms with Crippen LogP contribution in [0.15, 0.2) is 48.5 Å². The molecule has 0 aromatic heterocycles. The van der Waals surface area contributed by atoms with E-state index in [9.17, 15) is 19.7 Å². The predicted molar refractivity (Wildman–Crippen MR) is 75.1 cm³/mol. The highest BCUT2D eigenvalue weighted by molar-refractivity contribution is 5.76. The lowest BCUT2D eigenvalue weighted by Crippen LogP contribution is -1.87. The topological polar surface area (TPSA) is 77.3 Å². The molecule has 5 heteroatoms. The van der Waals surface area contributed by atoms with E-state index >= 15 is 0 Å². The quantitative estimate of drug-likeness (QED) is 0.488. The second kappa shape index (κ2) is 7.58. The fraction of sp³-hybridized carbons (Fsp3) is 0.0667. The summed E-state index contributed by atoms with van der Waals surface area (Å²) in [4.78, 5) is 30.0. The monoisotopic (exact) mass is 271 g/mol. The third-order valence-electron chi connectivity index (χ3n) is 2.56. The van der Waals surface area contributed by atoms with Gasteiger partial charge in [-0.25, -0.2) is 0 Å². The standard InChI is InChI=1S/C8H8O.C7H5NO3/c1-7-4-2-3-5-8(7)6-9;9-5-6-1-3-7(4-2-6)8(10)11/h2-6H,1H3;1-5H. The second-order valence-corrected chi connectivity index (χ2v) is 3.94. The van der Waals surface area contributed by atoms with Crippen LogP contribution < -0.4 is 0 Å². The van der Waals surface area contributed by atoms with Crippen molar-refractivity contribution >= 4 is 18.3 Å². The zero-order valence-corrected chi connectivity index (χ0v) is 10.9. The molecule has 0 saturated heterocycles. The third kappa shape index (κ3) is 4.45. The molecule has 0 atom stereocenters. The molecule has 2 aromatic rings. The minimum Gasteiger partial charge on any atom is -0.298 e. The molecule has 102 valence electrons. The van der Waals surface area contributed by atoms with Gasteiger partial charge in [-0.1, -0.05) is 24.3 Å². The van der Waals surface area contributed by atoms with Gasteiger partial charge >= 0.3 is 0 Å². The molecule has 0 aliphatic heterocycles. The molecule has 0 amide bonds. The molecule has 0 unspecified atom stereocenters. The minimum atomic E-state index is -0.505. The molecule has 2 rings (SSSR count). The van der Waals surface area contributed by atoms with Crippen molar-refractivity contribution in [3.63, 3.8) is 0 Å². The predicted octanol–water partition coefficient (Wildman–Crippen LogP) is 3.21. The van der Waals surface area contributed by atoms with Gasteiger partial charge in [0.15, 0.2) is 0 Å². The van der Waals surface area contributed by atoms with Gasteiger partial charge in [0.2, 0.25) is 0 Å². The summed E-state index contributed by atoms with van der Waals surface area (Å²) in [5.74, 6) is 0. The van der Waals surface area contributed by atoms with Gasteiger partial charge in [0.1, 0.15) is 12.6 Å². The third-order valence-corrected chi connectivity index (χ3v) is 2.56. The molecule has 0 radical (unpaired) electrons. The van der Waals surface area contributed by atoms with Crippen LogP contribution in [0.4, 0.5) is 5.69 Å². The Morgan fingerprint density at radius 3 is 1.95 bits per heavy atom. The largest absolute Gasteiger partial charge is 0.298 e. The molecule has 0 bridgehead atoms. The Morgan fingerprint density at radius 1 is 0.950 bits per heavy atom. The number of benzene rings is 2. The summed E-state index contributed by atoms with van der Waals surface area (Å²) in [5.41, 5.74) is 2.25. The van der Waals surface area contributed by atoms with E-state index in [1.54, 1.807) is 0 Å². The van der Waals surface area contributed by atoms with E-state index in [1.165, 1.54) is 24.3 Å². The van der Waals surface area contributed by atoms with Gasteiger partial charge in [0, 0.05) is 23.3 Å². The number of nitro groups is 1. The Hall–Kier alpha value is -2.82. The molecule has 0 saturated carbocycles. The molecule has 0 heterocycles. The first-order chi connectivity index (χ1) is 9.58. The first-order valence-electron chi connectivity index (χ1n) is 5.79. The van der Waals surface area contributed by atoms with Crippen LogP contribution in [0.3, 0.4) is 0 Å². The Labute approximate surface area is 116 Å². The van der Waals surface area contributed by atoms with Gasteiger partial charge in [0.25, 0.3) is 5.69 Å². The fourth-order valence-corrected chi connectivity index (χ4v) is 1.39. The molecule has 0 aliphatic rings. The molecular formula is C15H13NO4. The van der Waals surface area contributed by atoms with Crippen LogP contribution in [0.25, 0.3) is 0 Å². The number of non-ortho nitro benzene ring substituents is 1. The summed E-state index contributed by atoms with van der Waals surface area (Å²) >= 11 is 0. The van der Waals surface area contributed by atoms with Crippen LogP contribution in [0, 0.1) is 17.0 Å². The van der Waals surface area contributed by atoms with Gasteiger partial charge in [0.05, 0.1) is 4.92 Å². The van der Waals surface area contributed by atoms with E-state index in [-0.39, 0.29) is 5.69 Å². The average molecular weight is 271 g/mol. The summed E-state index contributed by atoms with van der Waals surface area (Å²) in [6.07, 6.45) is 1.51. The van der Waals surface area contributed by atoms with Crippen LogP contribution in [-0.4, -0.2) is 17.5 Å². The van der Waals surface area contributed by atoms with Crippen molar-refractivity contribution in [1.29, 1.82) is 0 Å². The second-order valence-electron chi connectivity index (χ2n) is 3.94. The maximum Gasteiger partial charge on any atom is 0.269 e. The van der Waals surface area contributed by atoms with Crippen molar-refractivity contribution in [3.05, 3.63) is 75.3 Å². The van der Waals surface area contributed by atoms with Crippen LogP contribution in [0.2, 0.25) is 0 Å². The Bertz CT molecular complexity index is 606. The highest BCUT2D eigenvalue weighted by atomic mass is 16.6. The van der Waals surface area contributed by atoms with E-state index in [1.807, 2.05) is 31.2 Å². The fourth-order valence-electron chi connectivity index (χ4n) is 1.39. The highest BCUT2D eigenvalue weighted by Gasteiger charge is 2.02. The zero-order valence-electron chi connectivity index (χ0n) is 10.9. The van der Waals surface area contributed by atoms with Crippen LogP contribution in [0.5, 0.6) is 0 Å². The Balaban J connectivity index is 0.000000204. The summed E-state index contributed by atoms with van der Waals surface area (Å²) in [6, 6.07) is 12.9. The van der Waals surface area contributed by atoms with Crippen LogP contribution in [0.1, 0.15) is 26.3 Å². The number of hydrogen-bond acceptors (Lipinski definition) is 4. The molecule has 2 aromatic carbocycles. The van der Waals surface area contributed by atoms with E-state index in [2.05, 4.69) is 0 Å². The maximum atomic E-state index is 10.2. The molecule has 0 N–H and O–H groups in total. The van der Waals surface area contributed by atoms with Crippen molar-refractivity contribution < 1.29 is 14.5 Å². The van der Waals surface area contributed by atoms with Gasteiger partial charge in [-0.05, 0) is 24.6 Å². The molecular weight excluding hydrogens is 258 g/mol. The number of rotatable bonds is 3. The summed E-state index contributed by atoms with van der Waals surface area (Å²) in [6.45, 7) is 1.92. The van der Waals surface area contributed by atoms with E-state index < -0.39 is 4.92 Å². The highest BCUT2D eigenvalue weighted by Crippen LogP contribution is 2.10. The maximum absolute atomic E-state index is 10.2. The number of carbonyl (C=O) groups is 2. The molecule has 20 heavy (non-hydrogen) atoms. The minimum absolute atomic E-state index is 0.00407. The SMILES string of the molecule is Cc1ccccc1C=O.O=Cc1ccc([N+](=O)[O-])cc1. The Kier molecular flexibility index (Phi) is 5.77. The molecule has 5 nitrogen and oxygen atoms in total. The van der Waals surface area contributed by atoms with Crippen molar-refractivity contribution in [2.45, 2.75) is 6.92 Å². The number of carbonyl (C=O) groups excluding carboxylic acids is 2. The number of aryl methyl sites for hydroxylation is 1. The first kappa shape index (κ1) is 15.2. The number of nitrogens with zero attached hydrogens (tertiary/aromatic N) is 1. The van der Waals surface area contributed by atoms with Crippen molar-refractivity contribution in [2.24, 2.45) is 0 Å². The van der Waals surface area contributed by atoms with Gasteiger partial charge in [-0.3, -0.25) is 19.7 Å². The smallest absolute Gasteiger partial charge is 0.269 e. The van der Waals surface area contributed by atoms with Crippen LogP contribution >= 0.6 is 0 Å². The van der Waals surface area contributed by atoms with Gasteiger partial charge < -0.3 is 0 Å². The average Bonchev–Trinajstić information content (AvgIpc) is 2.48. The summed E-state index contributed by atoms with van der Waals surface area (Å²) in [5, 5.41) is 10.1. The molecule has 0 spiro atoms. The lowest BCUT2D eigenvalue weighted by Gasteiger charge is -1.92. The van der Waals surface area contributed by atoms with Crippen molar-refractivity contribution in [2.75, 3.05) is 0 Å². The number of aldehydes is 2. The summed E-state index contributed by atoms with van der Waals surface area (Å²) < 4.78 is 0. The van der Waals surface area contributed by atoms with Crippen molar-refractivity contribution in [3.8, 4) is 0 Å². The zero-order chi connectivity index (χ0) is 15.0. The number of nitro benzene ring substituents is 1.